The topological polar surface area (TPSA) is 0 Å². The minimum Gasteiger partial charge on any atom is -0.207 e. The molecule has 0 spiro atoms. The van der Waals surface area contributed by atoms with E-state index in [1.54, 1.807) is 18.8 Å². The Labute approximate surface area is 75.2 Å². The Balaban J connectivity index is 3.09. The van der Waals surface area contributed by atoms with E-state index in [-0.39, 0.29) is 5.82 Å². The third-order valence-corrected chi connectivity index (χ3v) is 3.73. The lowest BCUT2D eigenvalue weighted by atomic mass is 10.4. The molecule has 1 unspecified atom stereocenters. The molecule has 0 aliphatic rings. The maximum Gasteiger partial charge on any atom is 0.123 e. The molecule has 60 valence electrons. The molecule has 0 saturated carbocycles. The van der Waals surface area contributed by atoms with Crippen molar-refractivity contribution in [3.8, 4) is 0 Å². The summed E-state index contributed by atoms with van der Waals surface area (Å²) in [5, 5.41) is -1.04. The molecule has 1 rings (SSSR count). The molecule has 0 bridgehead atoms. The quantitative estimate of drug-likeness (QED) is 0.640. The first-order valence-corrected chi connectivity index (χ1v) is 7.19. The van der Waals surface area contributed by atoms with E-state index in [0.29, 0.717) is 0 Å². The van der Waals surface area contributed by atoms with Crippen molar-refractivity contribution in [2.45, 2.75) is 0 Å². The van der Waals surface area contributed by atoms with E-state index in [1.807, 2.05) is 0 Å². The molecule has 0 aliphatic carbocycles. The normalized spacial score (nSPS) is 15.9. The largest absolute Gasteiger partial charge is 0.207 e. The van der Waals surface area contributed by atoms with Gasteiger partial charge in [0.1, 0.15) is 5.82 Å². The molecule has 0 aromatic heterocycles. The first kappa shape index (κ1) is 9.18. The maximum atomic E-state index is 12.4. The average molecular weight is 209 g/mol. The van der Waals surface area contributed by atoms with Crippen LogP contribution in [0.15, 0.2) is 24.3 Å². The predicted molar refractivity (Wildman–Crippen MR) is 52.1 cm³/mol. The van der Waals surface area contributed by atoms with Crippen molar-refractivity contribution in [2.75, 3.05) is 6.66 Å². The zero-order chi connectivity index (χ0) is 8.48. The lowest BCUT2D eigenvalue weighted by Crippen LogP contribution is -1.98. The first-order chi connectivity index (χ1) is 5.00. The van der Waals surface area contributed by atoms with Crippen LogP contribution < -0.4 is 5.30 Å². The zero-order valence-corrected chi connectivity index (χ0v) is 8.39. The Morgan fingerprint density at radius 2 is 1.82 bits per heavy atom. The molecular weight excluding hydrogens is 202 g/mol. The molecule has 11 heavy (non-hydrogen) atoms. The molecule has 0 amide bonds. The Hall–Kier alpha value is 0.0900. The molecular formula is C7H7ClFPS. The predicted octanol–water partition coefficient (Wildman–Crippen LogP) is 2.71. The van der Waals surface area contributed by atoms with Crippen LogP contribution in [-0.2, 0) is 11.8 Å². The molecule has 0 heterocycles. The summed E-state index contributed by atoms with van der Waals surface area (Å²) in [7, 11) is 0. The molecule has 0 aliphatic heterocycles. The van der Waals surface area contributed by atoms with Crippen molar-refractivity contribution >= 4 is 33.7 Å². The van der Waals surface area contributed by atoms with Crippen LogP contribution in [0.3, 0.4) is 0 Å². The van der Waals surface area contributed by atoms with Crippen LogP contribution >= 0.6 is 16.6 Å². The van der Waals surface area contributed by atoms with Crippen molar-refractivity contribution in [1.29, 1.82) is 0 Å². The smallest absolute Gasteiger partial charge is 0.123 e. The van der Waals surface area contributed by atoms with Gasteiger partial charge in [0.2, 0.25) is 0 Å². The number of halogens is 2. The van der Waals surface area contributed by atoms with Gasteiger partial charge < -0.3 is 0 Å². The highest BCUT2D eigenvalue weighted by atomic mass is 35.7. The summed E-state index contributed by atoms with van der Waals surface area (Å²) in [5.74, 6) is -0.256. The van der Waals surface area contributed by atoms with Crippen molar-refractivity contribution in [1.82, 2.24) is 0 Å². The summed E-state index contributed by atoms with van der Waals surface area (Å²) < 4.78 is 12.4. The van der Waals surface area contributed by atoms with E-state index in [4.69, 9.17) is 23.0 Å². The van der Waals surface area contributed by atoms with Crippen LogP contribution in [0.25, 0.3) is 0 Å². The average Bonchev–Trinajstić information content (AvgIpc) is 1.86. The Bertz CT molecular complexity index is 290. The fourth-order valence-electron chi connectivity index (χ4n) is 0.707. The highest BCUT2D eigenvalue weighted by molar-refractivity contribution is 8.30. The second-order valence-electron chi connectivity index (χ2n) is 2.30. The lowest BCUT2D eigenvalue weighted by Gasteiger charge is -2.06. The van der Waals surface area contributed by atoms with E-state index >= 15 is 0 Å². The van der Waals surface area contributed by atoms with Gasteiger partial charge in [0.05, 0.1) is 5.39 Å². The summed E-state index contributed by atoms with van der Waals surface area (Å²) in [5.41, 5.74) is 0. The summed E-state index contributed by atoms with van der Waals surface area (Å²) >= 11 is 11.0. The highest BCUT2D eigenvalue weighted by Gasteiger charge is 2.07. The van der Waals surface area contributed by atoms with Crippen molar-refractivity contribution in [2.24, 2.45) is 0 Å². The van der Waals surface area contributed by atoms with E-state index in [0.717, 1.165) is 5.30 Å². The van der Waals surface area contributed by atoms with Crippen molar-refractivity contribution in [3.63, 3.8) is 0 Å². The zero-order valence-electron chi connectivity index (χ0n) is 5.92. The molecule has 1 aromatic carbocycles. The Kier molecular flexibility index (Phi) is 2.69. The lowest BCUT2D eigenvalue weighted by molar-refractivity contribution is 0.628. The van der Waals surface area contributed by atoms with Crippen LogP contribution in [0.2, 0.25) is 0 Å². The summed E-state index contributed by atoms with van der Waals surface area (Å²) in [4.78, 5) is 0. The van der Waals surface area contributed by atoms with E-state index in [1.165, 1.54) is 12.1 Å². The molecule has 0 fully saturated rings. The van der Waals surface area contributed by atoms with Crippen LogP contribution in [0, 0.1) is 5.82 Å². The molecule has 0 saturated heterocycles. The van der Waals surface area contributed by atoms with Crippen LogP contribution in [-0.4, -0.2) is 6.66 Å². The summed E-state index contributed by atoms with van der Waals surface area (Å²) in [6.45, 7) is 1.80. The van der Waals surface area contributed by atoms with E-state index in [2.05, 4.69) is 0 Å². The second kappa shape index (κ2) is 3.22. The molecule has 0 N–H and O–H groups in total. The summed E-state index contributed by atoms with van der Waals surface area (Å²) in [6, 6.07) is 6.04. The third kappa shape index (κ3) is 2.55. The van der Waals surface area contributed by atoms with Gasteiger partial charge in [-0.1, -0.05) is 23.0 Å². The van der Waals surface area contributed by atoms with Crippen molar-refractivity contribution in [3.05, 3.63) is 30.1 Å². The standard InChI is InChI=1S/C7H7ClFPS/c1-10(8,11)7-4-2-6(9)3-5-7/h2-5H,1H3. The van der Waals surface area contributed by atoms with E-state index in [9.17, 15) is 4.39 Å². The van der Waals surface area contributed by atoms with Gasteiger partial charge in [-0.25, -0.2) is 4.39 Å². The Morgan fingerprint density at radius 1 is 1.36 bits per heavy atom. The SMILES string of the molecule is CP(=S)(Cl)c1ccc(F)cc1. The van der Waals surface area contributed by atoms with Gasteiger partial charge in [0.25, 0.3) is 0 Å². The van der Waals surface area contributed by atoms with Gasteiger partial charge in [-0.05, 0) is 36.2 Å². The minimum atomic E-state index is -1.90. The monoisotopic (exact) mass is 208 g/mol. The molecule has 0 nitrogen and oxygen atoms in total. The second-order valence-corrected chi connectivity index (χ2v) is 9.27. The molecule has 4 heteroatoms. The Morgan fingerprint density at radius 3 is 2.18 bits per heavy atom. The number of hydrogen-bond acceptors (Lipinski definition) is 1. The van der Waals surface area contributed by atoms with Crippen molar-refractivity contribution < 1.29 is 4.39 Å². The van der Waals surface area contributed by atoms with Gasteiger partial charge in [-0.15, -0.1) is 0 Å². The number of benzene rings is 1. The first-order valence-electron chi connectivity index (χ1n) is 3.03. The van der Waals surface area contributed by atoms with Gasteiger partial charge >= 0.3 is 0 Å². The molecule has 1 atom stereocenters. The van der Waals surface area contributed by atoms with Crippen LogP contribution in [0.5, 0.6) is 0 Å². The van der Waals surface area contributed by atoms with E-state index < -0.39 is 5.39 Å². The fourth-order valence-corrected chi connectivity index (χ4v) is 2.09. The molecule has 1 aromatic rings. The molecule has 0 radical (unpaired) electrons. The highest BCUT2D eigenvalue weighted by Crippen LogP contribution is 2.45. The van der Waals surface area contributed by atoms with Crippen LogP contribution in [0.1, 0.15) is 0 Å². The summed E-state index contributed by atoms with van der Waals surface area (Å²) in [6.07, 6.45) is 0. The fraction of sp³-hybridized carbons (Fsp3) is 0.143. The number of rotatable bonds is 1. The van der Waals surface area contributed by atoms with Gasteiger partial charge in [0, 0.05) is 0 Å². The van der Waals surface area contributed by atoms with Crippen LogP contribution in [0.4, 0.5) is 4.39 Å². The maximum absolute atomic E-state index is 12.4. The van der Waals surface area contributed by atoms with Gasteiger partial charge in [-0.2, -0.15) is 0 Å². The number of hydrogen-bond donors (Lipinski definition) is 0. The van der Waals surface area contributed by atoms with Gasteiger partial charge in [-0.3, -0.25) is 0 Å². The van der Waals surface area contributed by atoms with Gasteiger partial charge in [0.15, 0.2) is 0 Å². The minimum absolute atomic E-state index is 0.256. The third-order valence-electron chi connectivity index (χ3n) is 1.29.